The number of halogens is 1. The average molecular weight is 286 g/mol. The molecule has 0 bridgehead atoms. The number of rotatable bonds is 2. The highest BCUT2D eigenvalue weighted by atomic mass is 35.5. The molecule has 0 aliphatic carbocycles. The van der Waals surface area contributed by atoms with Crippen LogP contribution < -0.4 is 5.32 Å². The van der Waals surface area contributed by atoms with Gasteiger partial charge in [0.1, 0.15) is 0 Å². The summed E-state index contributed by atoms with van der Waals surface area (Å²) in [5.41, 5.74) is 0.322. The topological polar surface area (TPSA) is 75.5 Å². The second kappa shape index (κ2) is 6.49. The molecule has 1 amide bonds. The lowest BCUT2D eigenvalue weighted by Crippen LogP contribution is -2.51. The summed E-state index contributed by atoms with van der Waals surface area (Å²) < 4.78 is 0. The number of benzene rings is 1. The van der Waals surface area contributed by atoms with E-state index < -0.39 is 4.92 Å². The van der Waals surface area contributed by atoms with Crippen LogP contribution in [-0.4, -0.2) is 41.4 Å². The highest BCUT2D eigenvalue weighted by Crippen LogP contribution is 2.15. The summed E-state index contributed by atoms with van der Waals surface area (Å²) in [4.78, 5) is 24.1. The van der Waals surface area contributed by atoms with Crippen LogP contribution >= 0.6 is 12.4 Å². The first-order valence-corrected chi connectivity index (χ1v) is 5.85. The van der Waals surface area contributed by atoms with Crippen molar-refractivity contribution in [3.63, 3.8) is 0 Å². The third-order valence-electron chi connectivity index (χ3n) is 2.96. The number of carbonyl (C=O) groups is 1. The Morgan fingerprint density at radius 3 is 2.89 bits per heavy atom. The molecule has 19 heavy (non-hydrogen) atoms. The number of hydrogen-bond acceptors (Lipinski definition) is 4. The van der Waals surface area contributed by atoms with E-state index in [-0.39, 0.29) is 30.0 Å². The maximum atomic E-state index is 12.2. The number of amides is 1. The first-order valence-electron chi connectivity index (χ1n) is 5.85. The fourth-order valence-electron chi connectivity index (χ4n) is 2.05. The molecule has 1 aliphatic heterocycles. The first kappa shape index (κ1) is 15.4. The molecule has 0 radical (unpaired) electrons. The molecular weight excluding hydrogens is 270 g/mol. The smallest absolute Gasteiger partial charge is 0.270 e. The summed E-state index contributed by atoms with van der Waals surface area (Å²) in [5.74, 6) is -0.146. The van der Waals surface area contributed by atoms with Crippen LogP contribution in [0.2, 0.25) is 0 Å². The Morgan fingerprint density at radius 2 is 2.26 bits per heavy atom. The van der Waals surface area contributed by atoms with E-state index in [4.69, 9.17) is 0 Å². The van der Waals surface area contributed by atoms with Gasteiger partial charge < -0.3 is 10.2 Å². The summed E-state index contributed by atoms with van der Waals surface area (Å²) >= 11 is 0. The molecule has 0 saturated carbocycles. The highest BCUT2D eigenvalue weighted by Gasteiger charge is 2.22. The second-order valence-electron chi connectivity index (χ2n) is 4.41. The van der Waals surface area contributed by atoms with Crippen LogP contribution in [-0.2, 0) is 0 Å². The third-order valence-corrected chi connectivity index (χ3v) is 2.96. The molecule has 2 rings (SSSR count). The zero-order valence-corrected chi connectivity index (χ0v) is 11.4. The van der Waals surface area contributed by atoms with Crippen LogP contribution in [0.1, 0.15) is 17.3 Å². The van der Waals surface area contributed by atoms with Crippen LogP contribution in [0.15, 0.2) is 24.3 Å². The molecule has 1 atom stereocenters. The highest BCUT2D eigenvalue weighted by molar-refractivity contribution is 5.94. The number of nitro benzene ring substituents is 1. The molecular formula is C12H16ClN3O3. The van der Waals surface area contributed by atoms with Crippen molar-refractivity contribution in [2.75, 3.05) is 19.6 Å². The standard InChI is InChI=1S/C12H15N3O3.ClH/c1-9-8-14(6-5-13-9)12(16)10-3-2-4-11(7-10)15(17)18;/h2-4,7,9,13H,5-6,8H2,1H3;1H. The predicted octanol–water partition coefficient (Wildman–Crippen LogP) is 1.45. The van der Waals surface area contributed by atoms with Crippen molar-refractivity contribution in [3.8, 4) is 0 Å². The second-order valence-corrected chi connectivity index (χ2v) is 4.41. The summed E-state index contributed by atoms with van der Waals surface area (Å²) in [5, 5.41) is 13.9. The van der Waals surface area contributed by atoms with Crippen LogP contribution in [0.3, 0.4) is 0 Å². The maximum Gasteiger partial charge on any atom is 0.270 e. The number of carbonyl (C=O) groups excluding carboxylic acids is 1. The number of nitrogens with zero attached hydrogens (tertiary/aromatic N) is 2. The zero-order valence-electron chi connectivity index (χ0n) is 10.5. The fraction of sp³-hybridized carbons (Fsp3) is 0.417. The fourth-order valence-corrected chi connectivity index (χ4v) is 2.05. The number of nitrogens with one attached hydrogen (secondary N) is 1. The van der Waals surface area contributed by atoms with Crippen molar-refractivity contribution < 1.29 is 9.72 Å². The molecule has 1 aromatic rings. The molecule has 1 unspecified atom stereocenters. The summed E-state index contributed by atoms with van der Waals surface area (Å²) in [6, 6.07) is 6.12. The predicted molar refractivity (Wildman–Crippen MR) is 73.7 cm³/mol. The Kier molecular flexibility index (Phi) is 5.26. The molecule has 0 spiro atoms. The number of hydrogen-bond donors (Lipinski definition) is 1. The Hall–Kier alpha value is -1.66. The van der Waals surface area contributed by atoms with Crippen LogP contribution in [0.25, 0.3) is 0 Å². The SMILES string of the molecule is CC1CN(C(=O)c2cccc([N+](=O)[O-])c2)CCN1.Cl. The summed E-state index contributed by atoms with van der Waals surface area (Å²) in [6.45, 7) is 4.02. The molecule has 6 nitrogen and oxygen atoms in total. The minimum Gasteiger partial charge on any atom is -0.336 e. The monoisotopic (exact) mass is 285 g/mol. The van der Waals surface area contributed by atoms with Gasteiger partial charge >= 0.3 is 0 Å². The van der Waals surface area contributed by atoms with E-state index in [0.717, 1.165) is 6.54 Å². The molecule has 1 aromatic carbocycles. The van der Waals surface area contributed by atoms with Crippen LogP contribution in [0.5, 0.6) is 0 Å². The Labute approximate surface area is 117 Å². The minimum atomic E-state index is -0.489. The molecule has 104 valence electrons. The van der Waals surface area contributed by atoms with Gasteiger partial charge in [-0.05, 0) is 13.0 Å². The lowest BCUT2D eigenvalue weighted by Gasteiger charge is -2.31. The van der Waals surface area contributed by atoms with E-state index in [9.17, 15) is 14.9 Å². The molecule has 7 heteroatoms. The molecule has 1 fully saturated rings. The Balaban J connectivity index is 0.00000180. The van der Waals surface area contributed by atoms with Gasteiger partial charge in [-0.3, -0.25) is 14.9 Å². The van der Waals surface area contributed by atoms with E-state index in [0.29, 0.717) is 18.7 Å². The largest absolute Gasteiger partial charge is 0.336 e. The number of non-ortho nitro benzene ring substituents is 1. The quantitative estimate of drug-likeness (QED) is 0.659. The Morgan fingerprint density at radius 1 is 1.53 bits per heavy atom. The van der Waals surface area contributed by atoms with Gasteiger partial charge in [0.05, 0.1) is 4.92 Å². The van der Waals surface area contributed by atoms with Crippen molar-refractivity contribution in [1.29, 1.82) is 0 Å². The lowest BCUT2D eigenvalue weighted by molar-refractivity contribution is -0.384. The average Bonchev–Trinajstić information content (AvgIpc) is 2.38. The van der Waals surface area contributed by atoms with Crippen molar-refractivity contribution in [1.82, 2.24) is 10.2 Å². The molecule has 1 saturated heterocycles. The van der Waals surface area contributed by atoms with Crippen molar-refractivity contribution in [2.24, 2.45) is 0 Å². The van der Waals surface area contributed by atoms with E-state index in [1.54, 1.807) is 11.0 Å². The lowest BCUT2D eigenvalue weighted by atomic mass is 10.1. The van der Waals surface area contributed by atoms with E-state index in [1.807, 2.05) is 6.92 Å². The number of piperazine rings is 1. The van der Waals surface area contributed by atoms with Gasteiger partial charge in [-0.15, -0.1) is 12.4 Å². The maximum absolute atomic E-state index is 12.2. The van der Waals surface area contributed by atoms with Crippen molar-refractivity contribution >= 4 is 24.0 Å². The van der Waals surface area contributed by atoms with E-state index in [2.05, 4.69) is 5.32 Å². The van der Waals surface area contributed by atoms with Crippen molar-refractivity contribution in [2.45, 2.75) is 13.0 Å². The molecule has 1 heterocycles. The van der Waals surface area contributed by atoms with Gasteiger partial charge in [0.25, 0.3) is 11.6 Å². The Bertz CT molecular complexity index is 481. The summed E-state index contributed by atoms with van der Waals surface area (Å²) in [7, 11) is 0. The minimum absolute atomic E-state index is 0. The van der Waals surface area contributed by atoms with Gasteiger partial charge in [-0.1, -0.05) is 6.07 Å². The van der Waals surface area contributed by atoms with Gasteiger partial charge in [-0.2, -0.15) is 0 Å². The van der Waals surface area contributed by atoms with Gasteiger partial charge in [0.2, 0.25) is 0 Å². The summed E-state index contributed by atoms with van der Waals surface area (Å²) in [6.07, 6.45) is 0. The van der Waals surface area contributed by atoms with E-state index in [1.165, 1.54) is 18.2 Å². The number of nitro groups is 1. The first-order chi connectivity index (χ1) is 8.58. The van der Waals surface area contributed by atoms with Gasteiger partial charge in [0.15, 0.2) is 0 Å². The molecule has 0 aromatic heterocycles. The molecule has 1 N–H and O–H groups in total. The molecule has 1 aliphatic rings. The normalized spacial score (nSPS) is 18.6. The van der Waals surface area contributed by atoms with Crippen molar-refractivity contribution in [3.05, 3.63) is 39.9 Å². The zero-order chi connectivity index (χ0) is 13.1. The van der Waals surface area contributed by atoms with E-state index >= 15 is 0 Å². The van der Waals surface area contributed by atoms with Crippen LogP contribution in [0.4, 0.5) is 5.69 Å². The third kappa shape index (κ3) is 3.65. The van der Waals surface area contributed by atoms with Gasteiger partial charge in [-0.25, -0.2) is 0 Å². The van der Waals surface area contributed by atoms with Gasteiger partial charge in [0, 0.05) is 43.4 Å². The van der Waals surface area contributed by atoms with Crippen LogP contribution in [0, 0.1) is 10.1 Å².